The van der Waals surface area contributed by atoms with E-state index in [1.807, 2.05) is 30.3 Å². The fourth-order valence-electron chi connectivity index (χ4n) is 3.24. The second kappa shape index (κ2) is 8.31. The van der Waals surface area contributed by atoms with Gasteiger partial charge in [-0.3, -0.25) is 4.79 Å². The van der Waals surface area contributed by atoms with Gasteiger partial charge in [-0.2, -0.15) is 5.10 Å². The number of benzene rings is 2. The monoisotopic (exact) mass is 420 g/mol. The maximum Gasteiger partial charge on any atom is 0.343 e. The lowest BCUT2D eigenvalue weighted by molar-refractivity contribution is -0.142. The number of hydrogen-bond acceptors (Lipinski definition) is 7. The van der Waals surface area contributed by atoms with Crippen molar-refractivity contribution < 1.29 is 19.0 Å². The third kappa shape index (κ3) is 3.85. The average Bonchev–Trinajstić information content (AvgIpc) is 3.14. The first-order valence-corrected chi connectivity index (χ1v) is 9.42. The molecule has 158 valence electrons. The molecule has 4 rings (SSSR count). The summed E-state index contributed by atoms with van der Waals surface area (Å²) < 4.78 is 17.0. The maximum absolute atomic E-state index is 13.0. The Morgan fingerprint density at radius 3 is 2.61 bits per heavy atom. The molecule has 9 nitrogen and oxygen atoms in total. The van der Waals surface area contributed by atoms with Crippen molar-refractivity contribution in [3.8, 4) is 34.1 Å². The lowest BCUT2D eigenvalue weighted by Gasteiger charge is -2.11. The molecule has 2 aromatic carbocycles. The van der Waals surface area contributed by atoms with Crippen molar-refractivity contribution in [3.05, 3.63) is 58.9 Å². The number of nitrogens with one attached hydrogen (secondary N) is 1. The molecule has 0 aliphatic rings. The summed E-state index contributed by atoms with van der Waals surface area (Å²) in [6, 6.07) is 14.4. The van der Waals surface area contributed by atoms with Crippen LogP contribution in [0.3, 0.4) is 0 Å². The fraction of sp³-hybridized carbons (Fsp3) is 0.182. The Kier molecular flexibility index (Phi) is 5.40. The van der Waals surface area contributed by atoms with Crippen molar-refractivity contribution in [2.24, 2.45) is 7.05 Å². The minimum atomic E-state index is -0.495. The van der Waals surface area contributed by atoms with Crippen LogP contribution in [0.2, 0.25) is 0 Å². The number of rotatable bonds is 6. The van der Waals surface area contributed by atoms with E-state index in [9.17, 15) is 9.59 Å². The predicted molar refractivity (Wildman–Crippen MR) is 114 cm³/mol. The number of fused-ring (bicyclic) bond motifs is 1. The van der Waals surface area contributed by atoms with E-state index < -0.39 is 5.97 Å². The largest absolute Gasteiger partial charge is 0.496 e. The highest BCUT2D eigenvalue weighted by Gasteiger charge is 2.19. The van der Waals surface area contributed by atoms with Gasteiger partial charge in [0.25, 0.3) is 5.56 Å². The van der Waals surface area contributed by atoms with E-state index in [1.54, 1.807) is 29.9 Å². The summed E-state index contributed by atoms with van der Waals surface area (Å²) in [6.07, 6.45) is 0. The van der Waals surface area contributed by atoms with Gasteiger partial charge in [-0.05, 0) is 12.1 Å². The van der Waals surface area contributed by atoms with Crippen LogP contribution in [0.15, 0.2) is 53.3 Å². The second-order valence-electron chi connectivity index (χ2n) is 6.68. The molecule has 2 aromatic heterocycles. The van der Waals surface area contributed by atoms with E-state index in [0.29, 0.717) is 39.6 Å². The van der Waals surface area contributed by atoms with Crippen LogP contribution >= 0.6 is 0 Å². The van der Waals surface area contributed by atoms with Crippen LogP contribution in [0.25, 0.3) is 33.7 Å². The van der Waals surface area contributed by atoms with Gasteiger partial charge in [-0.15, -0.1) is 0 Å². The molecular weight excluding hydrogens is 400 g/mol. The highest BCUT2D eigenvalue weighted by Crippen LogP contribution is 2.32. The number of carbonyl (C=O) groups is 1. The van der Waals surface area contributed by atoms with Crippen LogP contribution in [-0.2, 0) is 16.6 Å². The number of aromatic amines is 1. The lowest BCUT2D eigenvalue weighted by atomic mass is 10.1. The molecule has 0 aliphatic carbocycles. The number of ether oxygens (including phenoxy) is 3. The molecule has 0 aliphatic heterocycles. The number of hydrogen-bond donors (Lipinski definition) is 1. The van der Waals surface area contributed by atoms with Crippen LogP contribution in [0.5, 0.6) is 11.5 Å². The first kappa shape index (κ1) is 20.1. The average molecular weight is 420 g/mol. The maximum atomic E-state index is 13.0. The van der Waals surface area contributed by atoms with E-state index in [4.69, 9.17) is 9.47 Å². The molecule has 0 amide bonds. The van der Waals surface area contributed by atoms with Crippen molar-refractivity contribution in [3.63, 3.8) is 0 Å². The molecule has 9 heteroatoms. The molecule has 0 fully saturated rings. The highest BCUT2D eigenvalue weighted by atomic mass is 16.6. The van der Waals surface area contributed by atoms with E-state index in [1.165, 1.54) is 14.2 Å². The summed E-state index contributed by atoms with van der Waals surface area (Å²) in [6.45, 7) is -0.225. The van der Waals surface area contributed by atoms with Crippen molar-refractivity contribution in [1.29, 1.82) is 0 Å². The smallest absolute Gasteiger partial charge is 0.343 e. The first-order chi connectivity index (χ1) is 15.0. The van der Waals surface area contributed by atoms with Gasteiger partial charge in [0.2, 0.25) is 0 Å². The van der Waals surface area contributed by atoms with Gasteiger partial charge in [-0.25, -0.2) is 14.5 Å². The molecule has 4 aromatic rings. The van der Waals surface area contributed by atoms with E-state index in [-0.39, 0.29) is 12.2 Å². The van der Waals surface area contributed by atoms with Crippen molar-refractivity contribution >= 4 is 17.0 Å². The van der Waals surface area contributed by atoms with Crippen LogP contribution in [0.1, 0.15) is 0 Å². The topological polar surface area (TPSA) is 108 Å². The van der Waals surface area contributed by atoms with Gasteiger partial charge in [0, 0.05) is 18.7 Å². The van der Waals surface area contributed by atoms with Gasteiger partial charge in [0.05, 0.1) is 19.8 Å². The summed E-state index contributed by atoms with van der Waals surface area (Å²) in [5, 5.41) is 4.91. The SMILES string of the molecule is COC(=O)COc1ccc(-c2nc3c(c(-c4ccccc4)nn3C)c(=O)[nH]2)c(OC)c1. The van der Waals surface area contributed by atoms with E-state index in [2.05, 4.69) is 19.8 Å². The number of nitrogens with zero attached hydrogens (tertiary/aromatic N) is 3. The third-order valence-electron chi connectivity index (χ3n) is 4.75. The van der Waals surface area contributed by atoms with Gasteiger partial charge in [0.15, 0.2) is 12.3 Å². The standard InChI is InChI=1S/C22H20N4O5/c1-26-21-18(19(25-26)13-7-5-4-6-8-13)22(28)24-20(23-21)15-10-9-14(11-16(15)29-2)31-12-17(27)30-3/h4-11H,12H2,1-3H3,(H,23,24,28). The molecule has 2 heterocycles. The molecule has 0 unspecified atom stereocenters. The lowest BCUT2D eigenvalue weighted by Crippen LogP contribution is -2.13. The Hall–Kier alpha value is -4.14. The summed E-state index contributed by atoms with van der Waals surface area (Å²) in [4.78, 5) is 31.7. The zero-order chi connectivity index (χ0) is 22.0. The number of H-pyrrole nitrogens is 1. The van der Waals surface area contributed by atoms with E-state index in [0.717, 1.165) is 5.56 Å². The van der Waals surface area contributed by atoms with Crippen molar-refractivity contribution in [1.82, 2.24) is 19.7 Å². The molecular formula is C22H20N4O5. The molecule has 0 spiro atoms. The normalized spacial score (nSPS) is 10.8. The fourth-order valence-corrected chi connectivity index (χ4v) is 3.24. The second-order valence-corrected chi connectivity index (χ2v) is 6.68. The number of aryl methyl sites for hydroxylation is 1. The van der Waals surface area contributed by atoms with Crippen LogP contribution in [0, 0.1) is 0 Å². The molecule has 0 saturated heterocycles. The van der Waals surface area contributed by atoms with Gasteiger partial charge >= 0.3 is 5.97 Å². The summed E-state index contributed by atoms with van der Waals surface area (Å²) >= 11 is 0. The minimum Gasteiger partial charge on any atom is -0.496 e. The van der Waals surface area contributed by atoms with Crippen LogP contribution < -0.4 is 15.0 Å². The number of esters is 1. The molecule has 31 heavy (non-hydrogen) atoms. The summed E-state index contributed by atoms with van der Waals surface area (Å²) in [5.74, 6) is 0.679. The van der Waals surface area contributed by atoms with Crippen LogP contribution in [-0.4, -0.2) is 46.5 Å². The Morgan fingerprint density at radius 1 is 1.13 bits per heavy atom. The molecule has 0 radical (unpaired) electrons. The van der Waals surface area contributed by atoms with E-state index >= 15 is 0 Å². The predicted octanol–water partition coefficient (Wildman–Crippen LogP) is 2.55. The number of methoxy groups -OCH3 is 2. The molecule has 0 saturated carbocycles. The van der Waals surface area contributed by atoms with Crippen LogP contribution in [0.4, 0.5) is 0 Å². The van der Waals surface area contributed by atoms with Crippen molar-refractivity contribution in [2.45, 2.75) is 0 Å². The van der Waals surface area contributed by atoms with Gasteiger partial charge in [0.1, 0.15) is 28.4 Å². The number of carbonyl (C=O) groups excluding carboxylic acids is 1. The zero-order valence-electron chi connectivity index (χ0n) is 17.2. The molecule has 0 bridgehead atoms. The first-order valence-electron chi connectivity index (χ1n) is 9.42. The van der Waals surface area contributed by atoms with Gasteiger partial charge in [-0.1, -0.05) is 30.3 Å². The minimum absolute atomic E-state index is 0.225. The highest BCUT2D eigenvalue weighted by molar-refractivity contribution is 5.91. The number of aromatic nitrogens is 4. The van der Waals surface area contributed by atoms with Gasteiger partial charge < -0.3 is 19.2 Å². The van der Waals surface area contributed by atoms with Crippen molar-refractivity contribution in [2.75, 3.05) is 20.8 Å². The quantitative estimate of drug-likeness (QED) is 0.478. The Bertz CT molecular complexity index is 1310. The zero-order valence-corrected chi connectivity index (χ0v) is 17.2. The third-order valence-corrected chi connectivity index (χ3v) is 4.75. The Morgan fingerprint density at radius 2 is 1.90 bits per heavy atom. The Balaban J connectivity index is 1.78. The summed E-state index contributed by atoms with van der Waals surface area (Å²) in [7, 11) is 4.53. The molecule has 1 N–H and O–H groups in total. The molecule has 0 atom stereocenters. The Labute approximate surface area is 177 Å². The summed E-state index contributed by atoms with van der Waals surface area (Å²) in [5.41, 5.74) is 2.11.